The maximum atomic E-state index is 12.6. The first-order valence-electron chi connectivity index (χ1n) is 12.5. The molecule has 3 N–H and O–H groups in total. The van der Waals surface area contributed by atoms with Crippen molar-refractivity contribution >= 4 is 18.0 Å². The van der Waals surface area contributed by atoms with E-state index in [4.69, 9.17) is 4.74 Å². The van der Waals surface area contributed by atoms with E-state index < -0.39 is 18.1 Å². The van der Waals surface area contributed by atoms with E-state index in [1.807, 2.05) is 38.1 Å². The SMILES string of the molecule is CC(C)C[C@H](NC(=O)C1CCC(NC(=O)OCC2c3ccccc3-c3ccccc32)CC1)C(=O)O. The summed E-state index contributed by atoms with van der Waals surface area (Å²) < 4.78 is 5.64. The minimum Gasteiger partial charge on any atom is -0.480 e. The van der Waals surface area contributed by atoms with Crippen molar-refractivity contribution in [1.82, 2.24) is 10.6 Å². The Morgan fingerprint density at radius 3 is 2.06 bits per heavy atom. The summed E-state index contributed by atoms with van der Waals surface area (Å²) in [4.78, 5) is 36.6. The average Bonchev–Trinajstić information content (AvgIpc) is 3.16. The van der Waals surface area contributed by atoms with Crippen LogP contribution in [-0.4, -0.2) is 41.8 Å². The first-order chi connectivity index (χ1) is 16.8. The van der Waals surface area contributed by atoms with Crippen LogP contribution in [0.4, 0.5) is 4.79 Å². The molecule has 2 aromatic carbocycles. The second-order valence-electron chi connectivity index (χ2n) is 10.0. The first-order valence-corrected chi connectivity index (χ1v) is 12.5. The van der Waals surface area contributed by atoms with Crippen LogP contribution in [0.25, 0.3) is 11.1 Å². The normalized spacial score (nSPS) is 20.0. The van der Waals surface area contributed by atoms with Crippen molar-refractivity contribution in [3.8, 4) is 11.1 Å². The number of amides is 2. The highest BCUT2D eigenvalue weighted by Gasteiger charge is 2.32. The summed E-state index contributed by atoms with van der Waals surface area (Å²) in [6, 6.07) is 15.5. The average molecular weight is 479 g/mol. The molecule has 0 aromatic heterocycles. The van der Waals surface area contributed by atoms with Gasteiger partial charge in [0.2, 0.25) is 5.91 Å². The molecular weight excluding hydrogens is 444 g/mol. The van der Waals surface area contributed by atoms with Crippen LogP contribution in [0.15, 0.2) is 48.5 Å². The third-order valence-corrected chi connectivity index (χ3v) is 7.09. The fourth-order valence-corrected chi connectivity index (χ4v) is 5.29. The highest BCUT2D eigenvalue weighted by atomic mass is 16.5. The Morgan fingerprint density at radius 1 is 0.943 bits per heavy atom. The maximum absolute atomic E-state index is 12.6. The van der Waals surface area contributed by atoms with Gasteiger partial charge in [0.1, 0.15) is 12.6 Å². The van der Waals surface area contributed by atoms with Crippen LogP contribution in [0.2, 0.25) is 0 Å². The number of hydrogen-bond acceptors (Lipinski definition) is 4. The lowest BCUT2D eigenvalue weighted by Crippen LogP contribution is -2.46. The quantitative estimate of drug-likeness (QED) is 0.510. The number of ether oxygens (including phenoxy) is 1. The van der Waals surface area contributed by atoms with Crippen molar-refractivity contribution in [1.29, 1.82) is 0 Å². The van der Waals surface area contributed by atoms with Crippen LogP contribution in [-0.2, 0) is 14.3 Å². The summed E-state index contributed by atoms with van der Waals surface area (Å²) in [6.45, 7) is 4.13. The summed E-state index contributed by atoms with van der Waals surface area (Å²) in [6.07, 6.45) is 2.49. The molecule has 1 atom stereocenters. The number of benzene rings is 2. The number of hydrogen-bond donors (Lipinski definition) is 3. The summed E-state index contributed by atoms with van der Waals surface area (Å²) in [7, 11) is 0. The number of carboxylic acids is 1. The Hall–Kier alpha value is -3.35. The molecule has 0 aliphatic heterocycles. The van der Waals surface area contributed by atoms with Crippen LogP contribution < -0.4 is 10.6 Å². The molecule has 2 aliphatic carbocycles. The molecule has 1 fully saturated rings. The standard InChI is InChI=1S/C28H34N2O5/c1-17(2)15-25(27(32)33)30-26(31)18-11-13-19(14-12-18)29-28(34)35-16-24-22-9-5-3-7-20(22)21-8-4-6-10-23(21)24/h3-10,17-19,24-25H,11-16H2,1-2H3,(H,29,34)(H,30,31)(H,32,33)/t18?,19?,25-/m0/s1. The number of carbonyl (C=O) groups is 3. The van der Waals surface area contributed by atoms with Gasteiger partial charge in [-0.15, -0.1) is 0 Å². The Bertz CT molecular complexity index is 1030. The minimum absolute atomic E-state index is 0.0144. The predicted molar refractivity (Wildman–Crippen MR) is 133 cm³/mol. The van der Waals surface area contributed by atoms with E-state index in [-0.39, 0.29) is 36.3 Å². The van der Waals surface area contributed by atoms with E-state index >= 15 is 0 Å². The van der Waals surface area contributed by atoms with E-state index in [1.54, 1.807) is 0 Å². The molecule has 0 bridgehead atoms. The Balaban J connectivity index is 1.25. The van der Waals surface area contributed by atoms with Gasteiger partial charge in [-0.05, 0) is 60.3 Å². The summed E-state index contributed by atoms with van der Waals surface area (Å²) in [5.74, 6) is -1.26. The third-order valence-electron chi connectivity index (χ3n) is 7.09. The monoisotopic (exact) mass is 478 g/mol. The smallest absolute Gasteiger partial charge is 0.407 e. The predicted octanol–water partition coefficient (Wildman–Crippen LogP) is 4.70. The van der Waals surface area contributed by atoms with Crippen molar-refractivity contribution in [2.24, 2.45) is 11.8 Å². The van der Waals surface area contributed by atoms with E-state index in [0.29, 0.717) is 32.1 Å². The van der Waals surface area contributed by atoms with Gasteiger partial charge in [-0.25, -0.2) is 9.59 Å². The molecule has 0 spiro atoms. The lowest BCUT2D eigenvalue weighted by Gasteiger charge is -2.29. The van der Waals surface area contributed by atoms with Crippen LogP contribution in [0.3, 0.4) is 0 Å². The maximum Gasteiger partial charge on any atom is 0.407 e. The van der Waals surface area contributed by atoms with E-state index in [0.717, 1.165) is 0 Å². The zero-order valence-electron chi connectivity index (χ0n) is 20.3. The second-order valence-corrected chi connectivity index (χ2v) is 10.0. The molecule has 35 heavy (non-hydrogen) atoms. The zero-order chi connectivity index (χ0) is 24.9. The highest BCUT2D eigenvalue weighted by molar-refractivity contribution is 5.85. The number of rotatable bonds is 8. The van der Waals surface area contributed by atoms with Gasteiger partial charge in [0.05, 0.1) is 0 Å². The molecule has 0 heterocycles. The summed E-state index contributed by atoms with van der Waals surface area (Å²) >= 11 is 0. The van der Waals surface area contributed by atoms with Gasteiger partial charge in [0.25, 0.3) is 0 Å². The van der Waals surface area contributed by atoms with Gasteiger partial charge in [-0.2, -0.15) is 0 Å². The number of alkyl carbamates (subject to hydrolysis) is 1. The molecular formula is C28H34N2O5. The Kier molecular flexibility index (Phi) is 7.73. The number of aliphatic carboxylic acids is 1. The topological polar surface area (TPSA) is 105 Å². The molecule has 0 unspecified atom stereocenters. The van der Waals surface area contributed by atoms with Crippen LogP contribution in [0.1, 0.15) is 63.0 Å². The zero-order valence-corrected chi connectivity index (χ0v) is 20.3. The van der Waals surface area contributed by atoms with Gasteiger partial charge < -0.3 is 20.5 Å². The Morgan fingerprint density at radius 2 is 1.51 bits per heavy atom. The summed E-state index contributed by atoms with van der Waals surface area (Å²) in [5, 5.41) is 15.0. The van der Waals surface area contributed by atoms with E-state index in [9.17, 15) is 19.5 Å². The van der Waals surface area contributed by atoms with Gasteiger partial charge in [-0.1, -0.05) is 62.4 Å². The second kappa shape index (κ2) is 10.9. The molecule has 7 nitrogen and oxygen atoms in total. The number of carbonyl (C=O) groups excluding carboxylic acids is 2. The molecule has 2 aliphatic rings. The molecule has 2 amide bonds. The lowest BCUT2D eigenvalue weighted by molar-refractivity contribution is -0.143. The highest BCUT2D eigenvalue weighted by Crippen LogP contribution is 2.44. The first kappa shape index (κ1) is 24.8. The minimum atomic E-state index is -1.00. The number of nitrogens with one attached hydrogen (secondary N) is 2. The molecule has 7 heteroatoms. The van der Waals surface area contributed by atoms with Crippen LogP contribution >= 0.6 is 0 Å². The Labute approximate surface area is 206 Å². The number of fused-ring (bicyclic) bond motifs is 3. The van der Waals surface area contributed by atoms with Crippen molar-refractivity contribution in [2.75, 3.05) is 6.61 Å². The molecule has 186 valence electrons. The van der Waals surface area contributed by atoms with Crippen molar-refractivity contribution < 1.29 is 24.2 Å². The van der Waals surface area contributed by atoms with Crippen LogP contribution in [0, 0.1) is 11.8 Å². The van der Waals surface area contributed by atoms with Gasteiger partial charge in [0.15, 0.2) is 0 Å². The van der Waals surface area contributed by atoms with Crippen molar-refractivity contribution in [3.63, 3.8) is 0 Å². The molecule has 2 aromatic rings. The lowest BCUT2D eigenvalue weighted by atomic mass is 9.85. The molecule has 1 saturated carbocycles. The van der Waals surface area contributed by atoms with Gasteiger partial charge >= 0.3 is 12.1 Å². The van der Waals surface area contributed by atoms with E-state index in [2.05, 4.69) is 34.9 Å². The fourth-order valence-electron chi connectivity index (χ4n) is 5.29. The number of carboxylic acid groups (broad SMARTS) is 1. The molecule has 0 saturated heterocycles. The van der Waals surface area contributed by atoms with Crippen LogP contribution in [0.5, 0.6) is 0 Å². The fraction of sp³-hybridized carbons (Fsp3) is 0.464. The van der Waals surface area contributed by atoms with Crippen molar-refractivity contribution in [3.05, 3.63) is 59.7 Å². The largest absolute Gasteiger partial charge is 0.480 e. The third kappa shape index (κ3) is 5.84. The van der Waals surface area contributed by atoms with Gasteiger partial charge in [-0.3, -0.25) is 4.79 Å². The van der Waals surface area contributed by atoms with Gasteiger partial charge in [0, 0.05) is 17.9 Å². The molecule has 4 rings (SSSR count). The van der Waals surface area contributed by atoms with Crippen molar-refractivity contribution in [2.45, 2.75) is 64.0 Å². The molecule has 0 radical (unpaired) electrons. The summed E-state index contributed by atoms with van der Waals surface area (Å²) in [5.41, 5.74) is 4.72. The van der Waals surface area contributed by atoms with E-state index in [1.165, 1.54) is 22.3 Å².